The molecule has 13 nitrogen and oxygen atoms in total. The van der Waals surface area contributed by atoms with Crippen molar-refractivity contribution in [1.82, 2.24) is 34.7 Å². The Bertz CT molecular complexity index is 1320. The Hall–Kier alpha value is -3.30. The van der Waals surface area contributed by atoms with Crippen LogP contribution in [0.4, 0.5) is 0 Å². The molecule has 33 heavy (non-hydrogen) atoms. The van der Waals surface area contributed by atoms with E-state index < -0.39 is 43.0 Å². The third kappa shape index (κ3) is 3.67. The first-order valence-electron chi connectivity index (χ1n) is 9.99. The number of hydrogen-bond acceptors (Lipinski definition) is 11. The lowest BCUT2D eigenvalue weighted by molar-refractivity contribution is -0.210. The molecule has 5 N–H and O–H groups in total. The van der Waals surface area contributed by atoms with Crippen LogP contribution in [0.25, 0.3) is 15.9 Å². The van der Waals surface area contributed by atoms with Gasteiger partial charge in [-0.1, -0.05) is 5.21 Å². The molecular weight excluding hydrogens is 452 g/mol. The quantitative estimate of drug-likeness (QED) is 0.288. The van der Waals surface area contributed by atoms with Gasteiger partial charge in [0.2, 0.25) is 0 Å². The molecule has 4 heterocycles. The van der Waals surface area contributed by atoms with Crippen molar-refractivity contribution in [1.29, 1.82) is 0 Å². The van der Waals surface area contributed by atoms with Gasteiger partial charge in [0, 0.05) is 0 Å². The van der Waals surface area contributed by atoms with Gasteiger partial charge in [-0.25, -0.2) is 19.3 Å². The number of aryl methyl sites for hydroxylation is 1. The molecule has 0 radical (unpaired) electrons. The average Bonchev–Trinajstić information content (AvgIpc) is 3.52. The summed E-state index contributed by atoms with van der Waals surface area (Å²) in [6, 6.07) is 4.49. The Morgan fingerprint density at radius 3 is 2.85 bits per heavy atom. The Balaban J connectivity index is 1.54. The number of nitrogens with zero attached hydrogens (tertiary/aromatic N) is 7. The maximum Gasteiger partial charge on any atom is 0.270 e. The van der Waals surface area contributed by atoms with Crippen LogP contribution in [-0.2, 0) is 4.74 Å². The fraction of sp³-hybridized carbons (Fsp3) is 0.368. The highest BCUT2D eigenvalue weighted by molar-refractivity contribution is 7.18. The molecule has 1 aromatic carbocycles. The summed E-state index contributed by atoms with van der Waals surface area (Å²) in [5.41, 5.74) is 6.64. The normalized spacial score (nSPS) is 25.5. The molecule has 1 amide bonds. The minimum Gasteiger partial charge on any atom is -0.394 e. The number of aliphatic hydroxyl groups excluding tert-OH is 3. The van der Waals surface area contributed by atoms with Crippen molar-refractivity contribution in [3.8, 4) is 5.69 Å². The second-order valence-electron chi connectivity index (χ2n) is 7.61. The van der Waals surface area contributed by atoms with E-state index >= 15 is 0 Å². The van der Waals surface area contributed by atoms with Crippen LogP contribution >= 0.6 is 11.3 Å². The minimum atomic E-state index is -1.37. The first kappa shape index (κ1) is 21.5. The minimum absolute atomic E-state index is 0.130. The van der Waals surface area contributed by atoms with Gasteiger partial charge in [-0.15, -0.1) is 16.4 Å². The van der Waals surface area contributed by atoms with Crippen LogP contribution < -0.4 is 5.73 Å². The van der Waals surface area contributed by atoms with E-state index in [9.17, 15) is 20.1 Å². The van der Waals surface area contributed by atoms with Crippen LogP contribution in [-0.4, -0.2) is 80.9 Å². The van der Waals surface area contributed by atoms with Gasteiger partial charge in [-0.05, 0) is 25.1 Å². The van der Waals surface area contributed by atoms with Crippen molar-refractivity contribution in [3.63, 3.8) is 0 Å². The topological polar surface area (TPSA) is 187 Å². The van der Waals surface area contributed by atoms with E-state index in [1.165, 1.54) is 28.5 Å². The number of aliphatic hydroxyl groups is 3. The number of carbonyl (C=O) groups excluding carboxylic acids is 1. The molecule has 14 heteroatoms. The fourth-order valence-corrected chi connectivity index (χ4v) is 4.83. The zero-order valence-corrected chi connectivity index (χ0v) is 18.1. The largest absolute Gasteiger partial charge is 0.394 e. The summed E-state index contributed by atoms with van der Waals surface area (Å²) >= 11 is 1.54. The summed E-state index contributed by atoms with van der Waals surface area (Å²) in [5.74, 6) is -0.547. The number of nitrogens with two attached hydrogens (primary N) is 1. The highest BCUT2D eigenvalue weighted by atomic mass is 32.1. The van der Waals surface area contributed by atoms with E-state index in [0.29, 0.717) is 5.69 Å². The van der Waals surface area contributed by atoms with Crippen LogP contribution in [0.1, 0.15) is 33.5 Å². The van der Waals surface area contributed by atoms with Crippen LogP contribution in [0.15, 0.2) is 30.7 Å². The predicted octanol–water partition coefficient (Wildman–Crippen LogP) is -0.729. The van der Waals surface area contributed by atoms with E-state index in [0.717, 1.165) is 19.9 Å². The highest BCUT2D eigenvalue weighted by Crippen LogP contribution is 2.38. The molecule has 0 saturated carbocycles. The Morgan fingerprint density at radius 1 is 1.30 bits per heavy atom. The lowest BCUT2D eigenvalue weighted by atomic mass is 9.92. The predicted molar refractivity (Wildman–Crippen MR) is 114 cm³/mol. The number of primary amides is 1. The maximum atomic E-state index is 11.4. The van der Waals surface area contributed by atoms with E-state index in [2.05, 4.69) is 25.4 Å². The number of ether oxygens (including phenoxy) is 1. The first-order chi connectivity index (χ1) is 15.9. The lowest BCUT2D eigenvalue weighted by Gasteiger charge is -2.41. The summed E-state index contributed by atoms with van der Waals surface area (Å²) in [6.45, 7) is 1.39. The molecule has 1 saturated heterocycles. The van der Waals surface area contributed by atoms with E-state index in [1.807, 2.05) is 25.1 Å². The molecule has 0 spiro atoms. The fourth-order valence-electron chi connectivity index (χ4n) is 3.97. The zero-order chi connectivity index (χ0) is 23.3. The number of carbonyl (C=O) groups is 1. The second-order valence-corrected chi connectivity index (χ2v) is 8.85. The smallest absolute Gasteiger partial charge is 0.270 e. The summed E-state index contributed by atoms with van der Waals surface area (Å²) in [4.78, 5) is 20.2. The van der Waals surface area contributed by atoms with Gasteiger partial charge < -0.3 is 25.8 Å². The molecule has 3 aromatic heterocycles. The van der Waals surface area contributed by atoms with Crippen LogP contribution in [0.5, 0.6) is 0 Å². The van der Waals surface area contributed by atoms with Crippen molar-refractivity contribution in [2.75, 3.05) is 6.61 Å². The SMILES string of the molecule is Cc1nc2ccc(-n3ncnc3[C@@H]3O[C@H](CO)[C@H](O)[C@H](n4cc(C(N)=O)nn4)[C@H]3O)cc2s1. The third-order valence-electron chi connectivity index (χ3n) is 5.51. The molecule has 1 aliphatic rings. The van der Waals surface area contributed by atoms with Gasteiger partial charge >= 0.3 is 0 Å². The molecule has 4 aromatic rings. The molecule has 1 fully saturated rings. The molecule has 1 aliphatic heterocycles. The van der Waals surface area contributed by atoms with Crippen LogP contribution in [0.3, 0.4) is 0 Å². The molecule has 172 valence electrons. The van der Waals surface area contributed by atoms with Crippen LogP contribution in [0, 0.1) is 6.92 Å². The van der Waals surface area contributed by atoms with Gasteiger partial charge in [0.25, 0.3) is 5.91 Å². The summed E-state index contributed by atoms with van der Waals surface area (Å²) in [7, 11) is 0. The van der Waals surface area contributed by atoms with Crippen molar-refractivity contribution in [2.24, 2.45) is 5.73 Å². The Morgan fingerprint density at radius 2 is 2.12 bits per heavy atom. The number of hydrogen-bond donors (Lipinski definition) is 4. The second kappa shape index (κ2) is 8.24. The van der Waals surface area contributed by atoms with Gasteiger partial charge in [0.1, 0.15) is 36.8 Å². The van der Waals surface area contributed by atoms with Gasteiger partial charge in [-0.3, -0.25) is 4.79 Å². The monoisotopic (exact) mass is 472 g/mol. The number of thiazole rings is 1. The van der Waals surface area contributed by atoms with Crippen molar-refractivity contribution < 1.29 is 24.9 Å². The molecule has 0 unspecified atom stereocenters. The van der Waals surface area contributed by atoms with E-state index in [1.54, 1.807) is 0 Å². The lowest BCUT2D eigenvalue weighted by Crippen LogP contribution is -2.53. The summed E-state index contributed by atoms with van der Waals surface area (Å²) in [5, 5.41) is 44.4. The van der Waals surface area contributed by atoms with Crippen molar-refractivity contribution >= 4 is 27.5 Å². The Labute approximate surface area is 190 Å². The van der Waals surface area contributed by atoms with Gasteiger partial charge in [0.15, 0.2) is 11.5 Å². The highest BCUT2D eigenvalue weighted by Gasteiger charge is 2.48. The summed E-state index contributed by atoms with van der Waals surface area (Å²) in [6.07, 6.45) is -2.33. The number of amides is 1. The maximum absolute atomic E-state index is 11.4. The molecule has 5 atom stereocenters. The van der Waals surface area contributed by atoms with Gasteiger partial charge in [0.05, 0.1) is 33.7 Å². The Kier molecular flexibility index (Phi) is 5.38. The number of fused-ring (bicyclic) bond motifs is 1. The third-order valence-corrected chi connectivity index (χ3v) is 6.45. The van der Waals surface area contributed by atoms with Crippen LogP contribution in [0.2, 0.25) is 0 Å². The molecule has 5 rings (SSSR count). The number of benzene rings is 1. The number of rotatable bonds is 5. The van der Waals surface area contributed by atoms with Gasteiger partial charge in [-0.2, -0.15) is 5.10 Å². The van der Waals surface area contributed by atoms with Crippen molar-refractivity contribution in [3.05, 3.63) is 47.2 Å². The molecular formula is C19H20N8O5S. The number of aromatic nitrogens is 7. The molecule has 0 aliphatic carbocycles. The van der Waals surface area contributed by atoms with E-state index in [-0.39, 0.29) is 11.5 Å². The average molecular weight is 472 g/mol. The van der Waals surface area contributed by atoms with E-state index in [4.69, 9.17) is 10.5 Å². The van der Waals surface area contributed by atoms with Crippen molar-refractivity contribution in [2.45, 2.75) is 37.4 Å². The summed E-state index contributed by atoms with van der Waals surface area (Å²) < 4.78 is 9.44. The first-order valence-corrected chi connectivity index (χ1v) is 10.8. The zero-order valence-electron chi connectivity index (χ0n) is 17.3. The molecule has 0 bridgehead atoms. The standard InChI is InChI=1S/C19H20N8O5S/c1-8-23-10-3-2-9(4-13(10)33-8)27-19(21-7-22-27)17-16(30)14(15(29)12(6-28)32-17)26-5-11(18(20)31)24-25-26/h2-5,7,12,14-17,28-30H,6H2,1H3,(H2,20,31)/t12-,14+,15+,16-,17-/m1/s1.